The van der Waals surface area contributed by atoms with Crippen molar-refractivity contribution in [2.24, 2.45) is 0 Å². The number of rotatable bonds is 3. The zero-order valence-corrected chi connectivity index (χ0v) is 13.2. The van der Waals surface area contributed by atoms with Crippen LogP contribution in [0.3, 0.4) is 0 Å². The van der Waals surface area contributed by atoms with Crippen LogP contribution in [-0.2, 0) is 0 Å². The van der Waals surface area contributed by atoms with Crippen molar-refractivity contribution < 1.29 is 13.9 Å². The predicted octanol–water partition coefficient (Wildman–Crippen LogP) is 3.61. The van der Waals surface area contributed by atoms with Crippen molar-refractivity contribution in [2.45, 2.75) is 31.7 Å². The summed E-state index contributed by atoms with van der Waals surface area (Å²) >= 11 is 3.48. The number of hydrogen-bond acceptors (Lipinski definition) is 2. The Hall–Kier alpha value is -1.10. The van der Waals surface area contributed by atoms with Crippen LogP contribution in [0.15, 0.2) is 18.2 Å². The number of benzene rings is 1. The van der Waals surface area contributed by atoms with Gasteiger partial charge in [-0.25, -0.2) is 4.39 Å². The third-order valence-corrected chi connectivity index (χ3v) is 4.46. The van der Waals surface area contributed by atoms with Crippen molar-refractivity contribution in [1.82, 2.24) is 4.90 Å². The van der Waals surface area contributed by atoms with Crippen molar-refractivity contribution in [3.63, 3.8) is 0 Å². The number of methoxy groups -OCH3 is 1. The van der Waals surface area contributed by atoms with Crippen LogP contribution in [0.1, 0.15) is 36.0 Å². The maximum atomic E-state index is 13.7. The molecule has 0 N–H and O–H groups in total. The third-order valence-electron chi connectivity index (χ3n) is 3.71. The minimum Gasteiger partial charge on any atom is -0.494 e. The standard InChI is InChI=1S/C15H19BrFNO2/c1-20-14-7-6-11(9-13(14)17)15(19)18-8-4-2-3-5-12(18)10-16/h6-7,9,12H,2-5,8,10H2,1H3. The normalized spacial score (nSPS) is 19.6. The van der Waals surface area contributed by atoms with Crippen molar-refractivity contribution in [1.29, 1.82) is 0 Å². The molecule has 1 aromatic rings. The Labute approximate surface area is 127 Å². The zero-order valence-electron chi connectivity index (χ0n) is 11.6. The van der Waals surface area contributed by atoms with E-state index in [0.29, 0.717) is 5.56 Å². The molecule has 110 valence electrons. The maximum Gasteiger partial charge on any atom is 0.254 e. The molecule has 1 aliphatic heterocycles. The summed E-state index contributed by atoms with van der Waals surface area (Å²) in [7, 11) is 1.41. The average Bonchev–Trinajstić information content (AvgIpc) is 2.71. The second kappa shape index (κ2) is 7.07. The van der Waals surface area contributed by atoms with E-state index in [1.165, 1.54) is 19.2 Å². The summed E-state index contributed by atoms with van der Waals surface area (Å²) in [4.78, 5) is 14.4. The topological polar surface area (TPSA) is 29.5 Å². The van der Waals surface area contributed by atoms with Gasteiger partial charge in [0.05, 0.1) is 7.11 Å². The fourth-order valence-electron chi connectivity index (χ4n) is 2.57. The molecule has 1 aromatic carbocycles. The van der Waals surface area contributed by atoms with Crippen LogP contribution in [0.5, 0.6) is 5.75 Å². The van der Waals surface area contributed by atoms with Crippen LogP contribution in [0.2, 0.25) is 0 Å². The fourth-order valence-corrected chi connectivity index (χ4v) is 3.24. The number of amides is 1. The van der Waals surface area contributed by atoms with Crippen molar-refractivity contribution in [3.8, 4) is 5.75 Å². The van der Waals surface area contributed by atoms with E-state index in [2.05, 4.69) is 15.9 Å². The largest absolute Gasteiger partial charge is 0.494 e. The highest BCUT2D eigenvalue weighted by Gasteiger charge is 2.26. The van der Waals surface area contributed by atoms with Gasteiger partial charge < -0.3 is 9.64 Å². The second-order valence-corrected chi connectivity index (χ2v) is 5.65. The summed E-state index contributed by atoms with van der Waals surface area (Å²) in [6.45, 7) is 0.739. The van der Waals surface area contributed by atoms with Gasteiger partial charge in [-0.15, -0.1) is 0 Å². The maximum absolute atomic E-state index is 13.7. The van der Waals surface area contributed by atoms with Crippen LogP contribution in [0, 0.1) is 5.82 Å². The Kier molecular flexibility index (Phi) is 5.40. The molecule has 1 amide bonds. The highest BCUT2D eigenvalue weighted by atomic mass is 79.9. The molecule has 1 fully saturated rings. The SMILES string of the molecule is COc1ccc(C(=O)N2CCCCCC2CBr)cc1F. The molecule has 0 bridgehead atoms. The van der Waals surface area contributed by atoms with Gasteiger partial charge >= 0.3 is 0 Å². The van der Waals surface area contributed by atoms with Crippen LogP contribution >= 0.6 is 15.9 Å². The number of halogens is 2. The van der Waals surface area contributed by atoms with Crippen LogP contribution in [0.25, 0.3) is 0 Å². The first kappa shape index (κ1) is 15.3. The Balaban J connectivity index is 2.22. The molecule has 5 heteroatoms. The number of ether oxygens (including phenoxy) is 1. The third kappa shape index (κ3) is 3.32. The van der Waals surface area contributed by atoms with Crippen LogP contribution < -0.4 is 4.74 Å². The van der Waals surface area contributed by atoms with Gasteiger partial charge in [-0.3, -0.25) is 4.79 Å². The van der Waals surface area contributed by atoms with Crippen molar-refractivity contribution >= 4 is 21.8 Å². The molecule has 20 heavy (non-hydrogen) atoms. The van der Waals surface area contributed by atoms with Crippen molar-refractivity contribution in [3.05, 3.63) is 29.6 Å². The van der Waals surface area contributed by atoms with E-state index >= 15 is 0 Å². The zero-order chi connectivity index (χ0) is 14.5. The van der Waals surface area contributed by atoms with Gasteiger partial charge in [0.1, 0.15) is 0 Å². The van der Waals surface area contributed by atoms with Crippen LogP contribution in [-0.4, -0.2) is 35.8 Å². The lowest BCUT2D eigenvalue weighted by molar-refractivity contribution is 0.0701. The number of carbonyl (C=O) groups is 1. The van der Waals surface area contributed by atoms with Gasteiger partial charge in [-0.2, -0.15) is 0 Å². The molecule has 2 rings (SSSR count). The Bertz CT molecular complexity index is 481. The number of hydrogen-bond donors (Lipinski definition) is 0. The average molecular weight is 344 g/mol. The number of carbonyl (C=O) groups excluding carboxylic acids is 1. The highest BCUT2D eigenvalue weighted by Crippen LogP contribution is 2.23. The predicted molar refractivity (Wildman–Crippen MR) is 80.0 cm³/mol. The smallest absolute Gasteiger partial charge is 0.254 e. The molecule has 1 aliphatic rings. The second-order valence-electron chi connectivity index (χ2n) is 5.01. The first-order chi connectivity index (χ1) is 9.67. The lowest BCUT2D eigenvalue weighted by Gasteiger charge is -2.29. The lowest BCUT2D eigenvalue weighted by Crippen LogP contribution is -2.41. The Morgan fingerprint density at radius 2 is 2.25 bits per heavy atom. The molecule has 0 radical (unpaired) electrons. The van der Waals surface area contributed by atoms with Gasteiger partial charge in [0.2, 0.25) is 0 Å². The Morgan fingerprint density at radius 1 is 1.45 bits per heavy atom. The minimum absolute atomic E-state index is 0.0992. The van der Waals surface area contributed by atoms with Gasteiger partial charge in [0.25, 0.3) is 5.91 Å². The molecule has 3 nitrogen and oxygen atoms in total. The van der Waals surface area contributed by atoms with Gasteiger partial charge in [0, 0.05) is 23.5 Å². The van der Waals surface area contributed by atoms with E-state index < -0.39 is 5.82 Å². The molecule has 0 aromatic heterocycles. The highest BCUT2D eigenvalue weighted by molar-refractivity contribution is 9.09. The summed E-state index contributed by atoms with van der Waals surface area (Å²) < 4.78 is 18.6. The van der Waals surface area contributed by atoms with E-state index in [0.717, 1.165) is 37.6 Å². The first-order valence-corrected chi connectivity index (χ1v) is 8.00. The Morgan fingerprint density at radius 3 is 2.90 bits per heavy atom. The molecular weight excluding hydrogens is 325 g/mol. The fraction of sp³-hybridized carbons (Fsp3) is 0.533. The number of likely N-dealkylation sites (tertiary alicyclic amines) is 1. The quantitative estimate of drug-likeness (QED) is 0.784. The van der Waals surface area contributed by atoms with E-state index in [-0.39, 0.29) is 17.7 Å². The van der Waals surface area contributed by atoms with E-state index in [1.807, 2.05) is 4.90 Å². The van der Waals surface area contributed by atoms with Gasteiger partial charge in [-0.05, 0) is 31.0 Å². The molecule has 1 unspecified atom stereocenters. The van der Waals surface area contributed by atoms with Gasteiger partial charge in [0.15, 0.2) is 11.6 Å². The summed E-state index contributed by atoms with van der Waals surface area (Å²) in [6, 6.07) is 4.58. The molecule has 0 spiro atoms. The van der Waals surface area contributed by atoms with Crippen LogP contribution in [0.4, 0.5) is 4.39 Å². The number of nitrogens with zero attached hydrogens (tertiary/aromatic N) is 1. The van der Waals surface area contributed by atoms with E-state index in [9.17, 15) is 9.18 Å². The monoisotopic (exact) mass is 343 g/mol. The van der Waals surface area contributed by atoms with E-state index in [4.69, 9.17) is 4.74 Å². The molecular formula is C15H19BrFNO2. The summed E-state index contributed by atoms with van der Waals surface area (Å²) in [5, 5.41) is 0.761. The van der Waals surface area contributed by atoms with E-state index in [1.54, 1.807) is 6.07 Å². The molecule has 0 aliphatic carbocycles. The molecule has 1 heterocycles. The molecule has 1 saturated heterocycles. The lowest BCUT2D eigenvalue weighted by atomic mass is 10.1. The number of alkyl halides is 1. The summed E-state index contributed by atoms with van der Waals surface area (Å²) in [6.07, 6.45) is 4.28. The van der Waals surface area contributed by atoms with Crippen molar-refractivity contribution in [2.75, 3.05) is 19.0 Å². The summed E-state index contributed by atoms with van der Waals surface area (Å²) in [5.41, 5.74) is 0.385. The minimum atomic E-state index is -0.497. The summed E-state index contributed by atoms with van der Waals surface area (Å²) in [5.74, 6) is -0.434. The molecule has 1 atom stereocenters. The first-order valence-electron chi connectivity index (χ1n) is 6.88. The van der Waals surface area contributed by atoms with Gasteiger partial charge in [-0.1, -0.05) is 28.8 Å². The molecule has 0 saturated carbocycles.